The monoisotopic (exact) mass is 312 g/mol. The first-order valence-corrected chi connectivity index (χ1v) is 5.94. The number of hydrogen-bond acceptors (Lipinski definition) is 2. The van der Waals surface area contributed by atoms with Gasteiger partial charge in [0, 0.05) is 5.56 Å². The molecule has 0 radical (unpaired) electrons. The zero-order valence-corrected chi connectivity index (χ0v) is 10.7. The molecule has 0 unspecified atom stereocenters. The van der Waals surface area contributed by atoms with Crippen molar-refractivity contribution in [2.24, 2.45) is 0 Å². The van der Waals surface area contributed by atoms with Gasteiger partial charge in [-0.05, 0) is 30.2 Å². The predicted octanol–water partition coefficient (Wildman–Crippen LogP) is 4.48. The second-order valence-electron chi connectivity index (χ2n) is 4.34. The molecule has 21 heavy (non-hydrogen) atoms. The maximum atomic E-state index is 12.6. The van der Waals surface area contributed by atoms with Gasteiger partial charge in [-0.15, -0.1) is 13.2 Å². The quantitative estimate of drug-likeness (QED) is 0.749. The van der Waals surface area contributed by atoms with E-state index < -0.39 is 24.4 Å². The molecule has 2 nitrogen and oxygen atoms in total. The third-order valence-electron chi connectivity index (χ3n) is 2.80. The van der Waals surface area contributed by atoms with E-state index >= 15 is 0 Å². The van der Waals surface area contributed by atoms with Crippen LogP contribution in [0.3, 0.4) is 0 Å². The Morgan fingerprint density at radius 2 is 1.81 bits per heavy atom. The number of rotatable bonds is 2. The number of hydrogen-bond donors (Lipinski definition) is 0. The van der Waals surface area contributed by atoms with E-state index in [-0.39, 0.29) is 23.3 Å². The highest BCUT2D eigenvalue weighted by Crippen LogP contribution is 2.39. The lowest BCUT2D eigenvalue weighted by molar-refractivity contribution is -0.274. The molecule has 0 amide bonds. The highest BCUT2D eigenvalue weighted by molar-refractivity contribution is 5.65. The third kappa shape index (κ3) is 3.62. The van der Waals surface area contributed by atoms with E-state index in [1.54, 1.807) is 6.92 Å². The van der Waals surface area contributed by atoms with Gasteiger partial charge >= 0.3 is 12.5 Å². The molecule has 1 aliphatic heterocycles. The van der Waals surface area contributed by atoms with Crippen molar-refractivity contribution in [3.63, 3.8) is 0 Å². The summed E-state index contributed by atoms with van der Waals surface area (Å²) in [4.78, 5) is 0. The van der Waals surface area contributed by atoms with Crippen molar-refractivity contribution in [2.75, 3.05) is 0 Å². The Kier molecular flexibility index (Phi) is 3.81. The lowest BCUT2D eigenvalue weighted by atomic mass is 10.0. The molecule has 8 heteroatoms. The molecule has 1 aliphatic rings. The van der Waals surface area contributed by atoms with Crippen LogP contribution < -0.4 is 9.47 Å². The van der Waals surface area contributed by atoms with Gasteiger partial charge in [0.15, 0.2) is 0 Å². The Bertz CT molecular complexity index is 559. The lowest BCUT2D eigenvalue weighted by Crippen LogP contribution is -2.34. The second kappa shape index (κ2) is 5.16. The largest absolute Gasteiger partial charge is 0.573 e. The van der Waals surface area contributed by atoms with E-state index in [1.807, 2.05) is 0 Å². The standard InChI is InChI=1S/C13H10F6O2/c1-2-7-5-9(21-13(17,18)19)6-8-3-4-10(12(14,15)16)20-11(7)8/h3-6,10H,2H2,1H3/t10-/m0/s1. The molecule has 0 fully saturated rings. The molecule has 2 rings (SSSR count). The molecule has 0 bridgehead atoms. The van der Waals surface area contributed by atoms with Gasteiger partial charge in [0.2, 0.25) is 6.10 Å². The van der Waals surface area contributed by atoms with Gasteiger partial charge in [0.25, 0.3) is 0 Å². The van der Waals surface area contributed by atoms with Crippen molar-refractivity contribution in [1.82, 2.24) is 0 Å². The Hall–Kier alpha value is -1.86. The first-order valence-electron chi connectivity index (χ1n) is 5.94. The van der Waals surface area contributed by atoms with Gasteiger partial charge in [0.05, 0.1) is 0 Å². The highest BCUT2D eigenvalue weighted by Gasteiger charge is 2.42. The normalized spacial score (nSPS) is 18.1. The summed E-state index contributed by atoms with van der Waals surface area (Å²) in [6.07, 6.45) is -9.52. The van der Waals surface area contributed by atoms with E-state index in [4.69, 9.17) is 4.74 Å². The van der Waals surface area contributed by atoms with E-state index in [1.165, 1.54) is 0 Å². The fraction of sp³-hybridized carbons (Fsp3) is 0.385. The molecule has 0 N–H and O–H groups in total. The maximum absolute atomic E-state index is 12.6. The van der Waals surface area contributed by atoms with Crippen LogP contribution in [0.15, 0.2) is 18.2 Å². The van der Waals surface area contributed by atoms with Gasteiger partial charge in [0.1, 0.15) is 11.5 Å². The molecule has 0 saturated heterocycles. The van der Waals surface area contributed by atoms with Gasteiger partial charge in [-0.1, -0.05) is 13.0 Å². The molecule has 1 heterocycles. The summed E-state index contributed by atoms with van der Waals surface area (Å²) < 4.78 is 83.1. The van der Waals surface area contributed by atoms with Crippen molar-refractivity contribution in [3.05, 3.63) is 29.3 Å². The van der Waals surface area contributed by atoms with Crippen molar-refractivity contribution < 1.29 is 35.8 Å². The molecule has 116 valence electrons. The zero-order chi connectivity index (χ0) is 15.8. The zero-order valence-electron chi connectivity index (χ0n) is 10.7. The summed E-state index contributed by atoms with van der Waals surface area (Å²) in [6, 6.07) is 2.02. The fourth-order valence-electron chi connectivity index (χ4n) is 1.94. The van der Waals surface area contributed by atoms with E-state index in [0.29, 0.717) is 0 Å². The first-order chi connectivity index (χ1) is 9.60. The number of aryl methyl sites for hydroxylation is 1. The van der Waals surface area contributed by atoms with Crippen LogP contribution in [0.1, 0.15) is 18.1 Å². The van der Waals surface area contributed by atoms with E-state index in [2.05, 4.69) is 4.74 Å². The first kappa shape index (κ1) is 15.5. The number of halogens is 6. The number of benzene rings is 1. The minimum atomic E-state index is -4.87. The minimum Gasteiger partial charge on any atom is -0.476 e. The molecule has 0 saturated carbocycles. The minimum absolute atomic E-state index is 0.0724. The summed E-state index contributed by atoms with van der Waals surface area (Å²) >= 11 is 0. The van der Waals surface area contributed by atoms with Crippen LogP contribution in [0.4, 0.5) is 26.3 Å². The summed E-state index contributed by atoms with van der Waals surface area (Å²) in [7, 11) is 0. The van der Waals surface area contributed by atoms with Gasteiger partial charge in [-0.2, -0.15) is 13.2 Å². The molecular formula is C13H10F6O2. The van der Waals surface area contributed by atoms with Crippen molar-refractivity contribution >= 4 is 6.08 Å². The number of alkyl halides is 6. The second-order valence-corrected chi connectivity index (χ2v) is 4.34. The highest BCUT2D eigenvalue weighted by atomic mass is 19.4. The van der Waals surface area contributed by atoms with Crippen LogP contribution >= 0.6 is 0 Å². The van der Waals surface area contributed by atoms with E-state index in [9.17, 15) is 26.3 Å². The van der Waals surface area contributed by atoms with Gasteiger partial charge in [-0.3, -0.25) is 0 Å². The van der Waals surface area contributed by atoms with Crippen LogP contribution in [0.25, 0.3) is 6.08 Å². The van der Waals surface area contributed by atoms with Crippen molar-refractivity contribution in [1.29, 1.82) is 0 Å². The SMILES string of the molecule is CCc1cc(OC(F)(F)F)cc2c1O[C@H](C(F)(F)F)C=C2. The lowest BCUT2D eigenvalue weighted by Gasteiger charge is -2.25. The van der Waals surface area contributed by atoms with Crippen molar-refractivity contribution in [3.8, 4) is 11.5 Å². The summed E-state index contributed by atoms with van der Waals surface area (Å²) in [6.45, 7) is 1.59. The molecule has 0 aliphatic carbocycles. The van der Waals surface area contributed by atoms with Crippen LogP contribution in [0.2, 0.25) is 0 Å². The number of ether oxygens (including phenoxy) is 2. The smallest absolute Gasteiger partial charge is 0.476 e. The van der Waals surface area contributed by atoms with Crippen LogP contribution in [0, 0.1) is 0 Å². The Morgan fingerprint density at radius 3 is 2.33 bits per heavy atom. The molecular weight excluding hydrogens is 302 g/mol. The third-order valence-corrected chi connectivity index (χ3v) is 2.80. The molecule has 0 aromatic heterocycles. The Balaban J connectivity index is 2.39. The average Bonchev–Trinajstić information content (AvgIpc) is 2.34. The Morgan fingerprint density at radius 1 is 1.14 bits per heavy atom. The maximum Gasteiger partial charge on any atom is 0.573 e. The molecule has 1 aromatic rings. The number of fused-ring (bicyclic) bond motifs is 1. The van der Waals surface area contributed by atoms with Gasteiger partial charge < -0.3 is 9.47 Å². The fourth-order valence-corrected chi connectivity index (χ4v) is 1.94. The summed E-state index contributed by atoms with van der Waals surface area (Å²) in [5, 5.41) is 0. The van der Waals surface area contributed by atoms with Crippen LogP contribution in [-0.4, -0.2) is 18.6 Å². The predicted molar refractivity (Wildman–Crippen MR) is 62.0 cm³/mol. The van der Waals surface area contributed by atoms with Crippen LogP contribution in [0.5, 0.6) is 11.5 Å². The summed E-state index contributed by atoms with van der Waals surface area (Å²) in [5.41, 5.74) is 0.333. The average molecular weight is 312 g/mol. The van der Waals surface area contributed by atoms with E-state index in [0.717, 1.165) is 24.3 Å². The topological polar surface area (TPSA) is 18.5 Å². The van der Waals surface area contributed by atoms with Crippen LogP contribution in [-0.2, 0) is 6.42 Å². The summed E-state index contributed by atoms with van der Waals surface area (Å²) in [5.74, 6) is -0.561. The Labute approximate surface area is 116 Å². The van der Waals surface area contributed by atoms with Gasteiger partial charge in [-0.25, -0.2) is 0 Å². The molecule has 1 atom stereocenters. The molecule has 1 aromatic carbocycles. The molecule has 0 spiro atoms. The van der Waals surface area contributed by atoms with Crippen molar-refractivity contribution in [2.45, 2.75) is 32.0 Å².